The smallest absolute Gasteiger partial charge is 0.0715 e. The van der Waals surface area contributed by atoms with Crippen molar-refractivity contribution >= 4 is 24.4 Å². The van der Waals surface area contributed by atoms with Gasteiger partial charge in [0.2, 0.25) is 0 Å². The largest absolute Gasteiger partial charge is 0.104 e. The highest BCUT2D eigenvalue weighted by Crippen LogP contribution is 2.47. The van der Waals surface area contributed by atoms with E-state index in [4.69, 9.17) is 0 Å². The molecule has 0 bridgehead atoms. The van der Waals surface area contributed by atoms with Crippen LogP contribution in [-0.2, 0) is 6.42 Å². The first-order chi connectivity index (χ1) is 9.84. The van der Waals surface area contributed by atoms with E-state index in [1.54, 1.807) is 10.4 Å². The van der Waals surface area contributed by atoms with Crippen molar-refractivity contribution in [3.05, 3.63) is 62.5 Å². The first-order valence-electron chi connectivity index (χ1n) is 7.73. The normalized spacial score (nSPS) is 22.0. The highest BCUT2D eigenvalue weighted by molar-refractivity contribution is 6.92. The minimum atomic E-state index is -1.59. The lowest BCUT2D eigenvalue weighted by Crippen LogP contribution is -2.35. The van der Waals surface area contributed by atoms with Crippen molar-refractivity contribution in [3.8, 4) is 0 Å². The van der Waals surface area contributed by atoms with Gasteiger partial charge in [-0.2, -0.15) is 0 Å². The number of fused-ring (bicyclic) bond motifs is 1. The molecule has 0 heterocycles. The summed E-state index contributed by atoms with van der Waals surface area (Å²) in [5, 5.41) is 3.34. The summed E-state index contributed by atoms with van der Waals surface area (Å²) in [5.41, 5.74) is 7.88. The number of allylic oxidation sites excluding steroid dienone is 5. The van der Waals surface area contributed by atoms with Crippen LogP contribution in [0.15, 0.2) is 51.4 Å². The molecule has 1 aromatic carbocycles. The average Bonchev–Trinajstić information content (AvgIpc) is 2.96. The van der Waals surface area contributed by atoms with E-state index in [0.29, 0.717) is 5.54 Å². The number of hydrogen-bond donors (Lipinski definition) is 0. The molecule has 1 aromatic rings. The molecule has 0 amide bonds. The van der Waals surface area contributed by atoms with Crippen LogP contribution in [-0.4, -0.2) is 18.3 Å². The molecule has 2 aliphatic carbocycles. The molecular formula is C19H23Si2. The van der Waals surface area contributed by atoms with E-state index < -0.39 is 8.07 Å². The van der Waals surface area contributed by atoms with Crippen LogP contribution in [0.25, 0.3) is 6.08 Å². The van der Waals surface area contributed by atoms with E-state index in [0.717, 1.165) is 6.42 Å². The van der Waals surface area contributed by atoms with Gasteiger partial charge in [0.25, 0.3) is 0 Å². The van der Waals surface area contributed by atoms with Gasteiger partial charge in [-0.15, -0.1) is 0 Å². The van der Waals surface area contributed by atoms with Crippen LogP contribution in [0.4, 0.5) is 0 Å². The van der Waals surface area contributed by atoms with E-state index in [2.05, 4.69) is 74.4 Å². The summed E-state index contributed by atoms with van der Waals surface area (Å²) in [6.07, 6.45) is 3.60. The van der Waals surface area contributed by atoms with Crippen LogP contribution in [0.3, 0.4) is 0 Å². The second-order valence-corrected chi connectivity index (χ2v) is 12.0. The van der Waals surface area contributed by atoms with Crippen molar-refractivity contribution in [1.29, 1.82) is 0 Å². The fourth-order valence-corrected chi connectivity index (χ4v) is 8.90. The molecule has 0 aromatic heterocycles. The van der Waals surface area contributed by atoms with Crippen molar-refractivity contribution in [1.82, 2.24) is 0 Å². The van der Waals surface area contributed by atoms with Crippen LogP contribution in [0.1, 0.15) is 31.9 Å². The van der Waals surface area contributed by atoms with Crippen molar-refractivity contribution in [2.45, 2.75) is 45.8 Å². The first-order valence-corrected chi connectivity index (χ1v) is 11.3. The Balaban J connectivity index is 2.01. The van der Waals surface area contributed by atoms with Crippen LogP contribution >= 0.6 is 0 Å². The average molecular weight is 308 g/mol. The van der Waals surface area contributed by atoms with Crippen molar-refractivity contribution in [2.24, 2.45) is 0 Å². The molecule has 21 heavy (non-hydrogen) atoms. The van der Waals surface area contributed by atoms with Crippen LogP contribution < -0.4 is 0 Å². The number of rotatable bonds is 2. The SMILES string of the molecule is CC1=C(C)C([Si])C([Si](C)(C)C2=Cc3ccccc3C2)=C1C. The van der Waals surface area contributed by atoms with Crippen LogP contribution in [0.5, 0.6) is 0 Å². The zero-order valence-electron chi connectivity index (χ0n) is 13.7. The summed E-state index contributed by atoms with van der Waals surface area (Å²) in [6.45, 7) is 11.9. The van der Waals surface area contributed by atoms with Gasteiger partial charge in [0, 0.05) is 10.2 Å². The van der Waals surface area contributed by atoms with E-state index >= 15 is 0 Å². The zero-order chi connectivity index (χ0) is 15.4. The van der Waals surface area contributed by atoms with Gasteiger partial charge in [0.15, 0.2) is 0 Å². The lowest BCUT2D eigenvalue weighted by molar-refractivity contribution is 1.17. The Morgan fingerprint density at radius 3 is 2.29 bits per heavy atom. The first kappa shape index (κ1) is 14.8. The Hall–Kier alpha value is -1.13. The van der Waals surface area contributed by atoms with E-state index in [-0.39, 0.29) is 0 Å². The molecule has 0 nitrogen and oxygen atoms in total. The summed E-state index contributed by atoms with van der Waals surface area (Å²) in [7, 11) is 2.42. The number of benzene rings is 1. The summed E-state index contributed by atoms with van der Waals surface area (Å²) in [4.78, 5) is 0. The molecular weight excluding hydrogens is 284 g/mol. The van der Waals surface area contributed by atoms with Gasteiger partial charge in [-0.3, -0.25) is 0 Å². The molecule has 0 aliphatic heterocycles. The summed E-state index contributed by atoms with van der Waals surface area (Å²) in [5.74, 6) is 0. The lowest BCUT2D eigenvalue weighted by atomic mass is 10.1. The van der Waals surface area contributed by atoms with Gasteiger partial charge >= 0.3 is 0 Å². The standard InChI is InChI=1S/C19H23Si2/c1-12-13(2)18(20)19(14(12)3)21(4,5)17-10-15-8-6-7-9-16(15)11-17/h6-10,18H,11H2,1-5H3. The monoisotopic (exact) mass is 307 g/mol. The highest BCUT2D eigenvalue weighted by atomic mass is 28.3. The van der Waals surface area contributed by atoms with Crippen molar-refractivity contribution < 1.29 is 0 Å². The Morgan fingerprint density at radius 1 is 1.05 bits per heavy atom. The molecule has 0 spiro atoms. The molecule has 0 fully saturated rings. The van der Waals surface area contributed by atoms with Gasteiger partial charge in [-0.05, 0) is 49.4 Å². The van der Waals surface area contributed by atoms with Crippen LogP contribution in [0, 0.1) is 0 Å². The third kappa shape index (κ3) is 2.16. The maximum absolute atomic E-state index is 4.02. The van der Waals surface area contributed by atoms with E-state index in [1.807, 2.05) is 0 Å². The molecule has 1 unspecified atom stereocenters. The zero-order valence-corrected chi connectivity index (χ0v) is 15.7. The Morgan fingerprint density at radius 2 is 1.71 bits per heavy atom. The quantitative estimate of drug-likeness (QED) is 0.672. The minimum absolute atomic E-state index is 0.441. The lowest BCUT2D eigenvalue weighted by Gasteiger charge is -2.31. The molecule has 3 rings (SSSR count). The Labute approximate surface area is 133 Å². The van der Waals surface area contributed by atoms with Gasteiger partial charge < -0.3 is 0 Å². The summed E-state index contributed by atoms with van der Waals surface area (Å²) in [6, 6.07) is 8.84. The van der Waals surface area contributed by atoms with E-state index in [1.165, 1.54) is 27.8 Å². The fraction of sp³-hybridized carbons (Fsp3) is 0.368. The third-order valence-corrected chi connectivity index (χ3v) is 10.5. The molecule has 0 saturated carbocycles. The Kier molecular flexibility index (Phi) is 3.49. The van der Waals surface area contributed by atoms with E-state index in [9.17, 15) is 0 Å². The number of hydrogen-bond acceptors (Lipinski definition) is 0. The molecule has 0 saturated heterocycles. The van der Waals surface area contributed by atoms with Crippen molar-refractivity contribution in [3.63, 3.8) is 0 Å². The van der Waals surface area contributed by atoms with Crippen molar-refractivity contribution in [2.75, 3.05) is 0 Å². The van der Waals surface area contributed by atoms with Gasteiger partial charge in [-0.1, -0.05) is 65.0 Å². The molecule has 2 heteroatoms. The highest BCUT2D eigenvalue weighted by Gasteiger charge is 2.39. The predicted octanol–water partition coefficient (Wildman–Crippen LogP) is 5.04. The summed E-state index contributed by atoms with van der Waals surface area (Å²) < 4.78 is 0. The molecule has 3 radical (unpaired) electrons. The Bertz CT molecular complexity index is 702. The molecule has 2 aliphatic rings. The summed E-state index contributed by atoms with van der Waals surface area (Å²) >= 11 is 0. The molecule has 107 valence electrons. The van der Waals surface area contributed by atoms with Gasteiger partial charge in [0.1, 0.15) is 8.07 Å². The van der Waals surface area contributed by atoms with Crippen LogP contribution in [0.2, 0.25) is 18.6 Å². The minimum Gasteiger partial charge on any atom is -0.0715 e. The second kappa shape index (κ2) is 4.96. The second-order valence-electron chi connectivity index (χ2n) is 6.95. The molecule has 0 N–H and O–H groups in total. The predicted molar refractivity (Wildman–Crippen MR) is 96.2 cm³/mol. The maximum Gasteiger partial charge on any atom is 0.104 e. The van der Waals surface area contributed by atoms with Gasteiger partial charge in [-0.25, -0.2) is 0 Å². The third-order valence-electron chi connectivity index (χ3n) is 5.52. The topological polar surface area (TPSA) is 0 Å². The van der Waals surface area contributed by atoms with Gasteiger partial charge in [0.05, 0.1) is 0 Å². The maximum atomic E-state index is 4.02. The molecule has 1 atom stereocenters. The fourth-order valence-electron chi connectivity index (χ4n) is 3.83.